The number of hydrogen-bond donors (Lipinski definition) is 2. The maximum atomic E-state index is 11.2. The third kappa shape index (κ3) is 4.93. The van der Waals surface area contributed by atoms with Crippen LogP contribution < -0.4 is 5.32 Å². The first-order chi connectivity index (χ1) is 8.74. The van der Waals surface area contributed by atoms with Gasteiger partial charge in [0.15, 0.2) is 0 Å². The summed E-state index contributed by atoms with van der Waals surface area (Å²) < 4.78 is 16.5. The molecule has 0 radical (unpaired) electrons. The molecule has 0 aromatic heterocycles. The van der Waals surface area contributed by atoms with Gasteiger partial charge in [0.1, 0.15) is 0 Å². The molecule has 106 valence electrons. The Labute approximate surface area is 111 Å². The first kappa shape index (κ1) is 14.4. The van der Waals surface area contributed by atoms with Crippen molar-refractivity contribution >= 4 is 10.8 Å². The van der Waals surface area contributed by atoms with Crippen molar-refractivity contribution in [3.8, 4) is 0 Å². The molecule has 1 atom stereocenters. The number of nitrogens with one attached hydrogen (secondary N) is 1. The van der Waals surface area contributed by atoms with Crippen molar-refractivity contribution in [2.45, 2.75) is 25.0 Å². The van der Waals surface area contributed by atoms with Crippen LogP contribution in [0.4, 0.5) is 0 Å². The SMILES string of the molecule is O=S1CCC(NCC(O)CN2CCOCC2)CC1. The summed E-state index contributed by atoms with van der Waals surface area (Å²) in [5.41, 5.74) is 0. The highest BCUT2D eigenvalue weighted by molar-refractivity contribution is 7.85. The summed E-state index contributed by atoms with van der Waals surface area (Å²) in [5.74, 6) is 1.61. The summed E-state index contributed by atoms with van der Waals surface area (Å²) in [4.78, 5) is 2.24. The topological polar surface area (TPSA) is 61.8 Å². The predicted octanol–water partition coefficient (Wildman–Crippen LogP) is -0.820. The van der Waals surface area contributed by atoms with Crippen LogP contribution in [-0.4, -0.2) is 77.3 Å². The average Bonchev–Trinajstić information content (AvgIpc) is 2.39. The number of β-amino-alcohol motifs (C(OH)–C–C–N with tert-alkyl or cyclic N) is 1. The van der Waals surface area contributed by atoms with Gasteiger partial charge in [0.25, 0.3) is 0 Å². The van der Waals surface area contributed by atoms with Gasteiger partial charge >= 0.3 is 0 Å². The van der Waals surface area contributed by atoms with Gasteiger partial charge < -0.3 is 15.2 Å². The highest BCUT2D eigenvalue weighted by atomic mass is 32.2. The minimum absolute atomic E-state index is 0.324. The average molecular weight is 276 g/mol. The van der Waals surface area contributed by atoms with E-state index in [1.165, 1.54) is 0 Å². The van der Waals surface area contributed by atoms with E-state index in [9.17, 15) is 9.32 Å². The van der Waals surface area contributed by atoms with Gasteiger partial charge in [-0.3, -0.25) is 9.11 Å². The first-order valence-corrected chi connectivity index (χ1v) is 8.29. The van der Waals surface area contributed by atoms with Crippen molar-refractivity contribution in [1.82, 2.24) is 10.2 Å². The molecule has 2 aliphatic heterocycles. The maximum Gasteiger partial charge on any atom is 0.0791 e. The van der Waals surface area contributed by atoms with Crippen molar-refractivity contribution in [3.05, 3.63) is 0 Å². The van der Waals surface area contributed by atoms with Gasteiger partial charge in [-0.25, -0.2) is 0 Å². The smallest absolute Gasteiger partial charge is 0.0791 e. The Bertz CT molecular complexity index is 262. The van der Waals surface area contributed by atoms with Crippen LogP contribution in [0, 0.1) is 0 Å². The Morgan fingerprint density at radius 3 is 2.67 bits per heavy atom. The molecular weight excluding hydrogens is 252 g/mol. The van der Waals surface area contributed by atoms with E-state index in [-0.39, 0.29) is 6.10 Å². The maximum absolute atomic E-state index is 11.2. The summed E-state index contributed by atoms with van der Waals surface area (Å²) in [5, 5.41) is 13.4. The van der Waals surface area contributed by atoms with Gasteiger partial charge in [0.05, 0.1) is 19.3 Å². The molecule has 0 saturated carbocycles. The van der Waals surface area contributed by atoms with Gasteiger partial charge in [-0.15, -0.1) is 0 Å². The van der Waals surface area contributed by atoms with Gasteiger partial charge in [-0.1, -0.05) is 0 Å². The lowest BCUT2D eigenvalue weighted by atomic mass is 10.1. The Kier molecular flexibility index (Phi) is 6.04. The molecule has 18 heavy (non-hydrogen) atoms. The number of hydrogen-bond acceptors (Lipinski definition) is 5. The molecule has 2 fully saturated rings. The zero-order valence-corrected chi connectivity index (χ0v) is 11.7. The van der Waals surface area contributed by atoms with Gasteiger partial charge in [-0.2, -0.15) is 0 Å². The molecule has 2 aliphatic rings. The Balaban J connectivity index is 1.59. The summed E-state index contributed by atoms with van der Waals surface area (Å²) in [6.45, 7) is 4.73. The molecular formula is C12H24N2O3S. The number of aliphatic hydroxyl groups excluding tert-OH is 1. The summed E-state index contributed by atoms with van der Waals surface area (Å²) in [6.07, 6.45) is 1.61. The third-order valence-corrected chi connectivity index (χ3v) is 4.98. The second-order valence-corrected chi connectivity index (χ2v) is 6.79. The largest absolute Gasteiger partial charge is 0.390 e. The number of rotatable bonds is 5. The van der Waals surface area contributed by atoms with E-state index in [1.807, 2.05) is 0 Å². The van der Waals surface area contributed by atoms with Crippen molar-refractivity contribution < 1.29 is 14.1 Å². The minimum Gasteiger partial charge on any atom is -0.390 e. The van der Waals surface area contributed by atoms with E-state index in [0.29, 0.717) is 12.6 Å². The quantitative estimate of drug-likeness (QED) is 0.687. The molecule has 5 nitrogen and oxygen atoms in total. The minimum atomic E-state index is -0.605. The zero-order valence-electron chi connectivity index (χ0n) is 10.8. The normalized spacial score (nSPS) is 32.3. The molecule has 6 heteroatoms. The lowest BCUT2D eigenvalue weighted by Gasteiger charge is -2.29. The standard InChI is InChI=1S/C12H24N2O3S/c15-12(10-14-3-5-17-6-4-14)9-13-11-1-7-18(16)8-2-11/h11-13,15H,1-10H2. The molecule has 0 aromatic carbocycles. The summed E-state index contributed by atoms with van der Waals surface area (Å²) in [6, 6.07) is 0.432. The molecule has 2 N–H and O–H groups in total. The molecule has 2 rings (SSSR count). The van der Waals surface area contributed by atoms with Crippen LogP contribution in [-0.2, 0) is 15.5 Å². The lowest BCUT2D eigenvalue weighted by molar-refractivity contribution is 0.0144. The second-order valence-electron chi connectivity index (χ2n) is 5.10. The number of nitrogens with zero attached hydrogens (tertiary/aromatic N) is 1. The van der Waals surface area contributed by atoms with E-state index in [4.69, 9.17) is 4.74 Å². The van der Waals surface area contributed by atoms with Crippen molar-refractivity contribution in [2.75, 3.05) is 50.9 Å². The second kappa shape index (κ2) is 7.55. The molecule has 1 unspecified atom stereocenters. The monoisotopic (exact) mass is 276 g/mol. The molecule has 0 amide bonds. The molecule has 0 aliphatic carbocycles. The molecule has 2 heterocycles. The van der Waals surface area contributed by atoms with E-state index >= 15 is 0 Å². The number of morpholine rings is 1. The van der Waals surface area contributed by atoms with E-state index < -0.39 is 10.8 Å². The Morgan fingerprint density at radius 2 is 2.00 bits per heavy atom. The van der Waals surface area contributed by atoms with Crippen LogP contribution in [0.5, 0.6) is 0 Å². The van der Waals surface area contributed by atoms with Crippen molar-refractivity contribution in [2.24, 2.45) is 0 Å². The van der Waals surface area contributed by atoms with Gasteiger partial charge in [-0.05, 0) is 12.8 Å². The highest BCUT2D eigenvalue weighted by Crippen LogP contribution is 2.09. The van der Waals surface area contributed by atoms with Crippen molar-refractivity contribution in [3.63, 3.8) is 0 Å². The summed E-state index contributed by atoms with van der Waals surface area (Å²) in [7, 11) is -0.605. The molecule has 2 saturated heterocycles. The number of aliphatic hydroxyl groups is 1. The zero-order chi connectivity index (χ0) is 12.8. The predicted molar refractivity (Wildman–Crippen MR) is 72.2 cm³/mol. The highest BCUT2D eigenvalue weighted by Gasteiger charge is 2.19. The third-order valence-electron chi connectivity index (χ3n) is 3.60. The van der Waals surface area contributed by atoms with E-state index in [0.717, 1.165) is 57.2 Å². The fraction of sp³-hybridized carbons (Fsp3) is 1.00. The van der Waals surface area contributed by atoms with Crippen LogP contribution >= 0.6 is 0 Å². The lowest BCUT2D eigenvalue weighted by Crippen LogP contribution is -2.46. The van der Waals surface area contributed by atoms with Crippen LogP contribution in [0.1, 0.15) is 12.8 Å². The summed E-state index contributed by atoms with van der Waals surface area (Å²) >= 11 is 0. The first-order valence-electron chi connectivity index (χ1n) is 6.80. The van der Waals surface area contributed by atoms with Crippen LogP contribution in [0.2, 0.25) is 0 Å². The van der Waals surface area contributed by atoms with E-state index in [2.05, 4.69) is 10.2 Å². The molecule has 0 bridgehead atoms. The Morgan fingerprint density at radius 1 is 1.33 bits per heavy atom. The fourth-order valence-corrected chi connectivity index (χ4v) is 3.75. The van der Waals surface area contributed by atoms with Crippen LogP contribution in [0.25, 0.3) is 0 Å². The van der Waals surface area contributed by atoms with Gasteiger partial charge in [0.2, 0.25) is 0 Å². The Hall–Kier alpha value is -0.0100. The number of ether oxygens (including phenoxy) is 1. The van der Waals surface area contributed by atoms with Crippen LogP contribution in [0.3, 0.4) is 0 Å². The van der Waals surface area contributed by atoms with E-state index in [1.54, 1.807) is 0 Å². The van der Waals surface area contributed by atoms with Gasteiger partial charge in [0, 0.05) is 54.5 Å². The van der Waals surface area contributed by atoms with Crippen LogP contribution in [0.15, 0.2) is 0 Å². The van der Waals surface area contributed by atoms with Crippen molar-refractivity contribution in [1.29, 1.82) is 0 Å². The molecule has 0 spiro atoms. The fourth-order valence-electron chi connectivity index (χ4n) is 2.45. The molecule has 0 aromatic rings.